The van der Waals surface area contributed by atoms with Crippen LogP contribution in [-0.2, 0) is 4.74 Å². The molecule has 25 heavy (non-hydrogen) atoms. The molecule has 0 atom stereocenters. The van der Waals surface area contributed by atoms with Gasteiger partial charge in [0.1, 0.15) is 5.82 Å². The zero-order chi connectivity index (χ0) is 18.3. The number of hydrogen-bond acceptors (Lipinski definition) is 6. The maximum absolute atomic E-state index is 12.4. The molecule has 3 N–H and O–H groups in total. The van der Waals surface area contributed by atoms with Gasteiger partial charge in [-0.15, -0.1) is 0 Å². The summed E-state index contributed by atoms with van der Waals surface area (Å²) >= 11 is 1.95. The molecule has 0 aliphatic carbocycles. The van der Waals surface area contributed by atoms with Gasteiger partial charge in [0, 0.05) is 9.64 Å². The van der Waals surface area contributed by atoms with E-state index in [2.05, 4.69) is 5.32 Å². The Balaban J connectivity index is 2.17. The molecule has 0 saturated heterocycles. The smallest absolute Gasteiger partial charge is 0.338 e. The van der Waals surface area contributed by atoms with Crippen LogP contribution < -0.4 is 16.6 Å². The van der Waals surface area contributed by atoms with Crippen molar-refractivity contribution in [2.24, 2.45) is 0 Å². The van der Waals surface area contributed by atoms with Crippen LogP contribution in [0.4, 0.5) is 5.82 Å². The molecule has 1 aliphatic heterocycles. The predicted molar refractivity (Wildman–Crippen MR) is 96.9 cm³/mol. The van der Waals surface area contributed by atoms with Gasteiger partial charge in [-0.3, -0.25) is 24.3 Å². The molecular weight excluding hydrogens is 441 g/mol. The number of halogens is 1. The SMILES string of the molecule is CCOC(=O)c1ccc(-n2c(N)c3c(cc2=O)C(=O)NC3=O)c(I)c1. The number of hydrogen-bond donors (Lipinski definition) is 2. The number of aromatic nitrogens is 1. The van der Waals surface area contributed by atoms with Gasteiger partial charge in [-0.25, -0.2) is 4.79 Å². The van der Waals surface area contributed by atoms with Crippen molar-refractivity contribution in [3.05, 3.63) is 54.9 Å². The van der Waals surface area contributed by atoms with Gasteiger partial charge in [0.2, 0.25) is 0 Å². The summed E-state index contributed by atoms with van der Waals surface area (Å²) in [5.41, 5.74) is 6.09. The molecule has 0 unspecified atom stereocenters. The Bertz CT molecular complexity index is 996. The average Bonchev–Trinajstić information content (AvgIpc) is 2.83. The maximum Gasteiger partial charge on any atom is 0.338 e. The molecule has 3 rings (SSSR count). The van der Waals surface area contributed by atoms with Crippen molar-refractivity contribution in [1.29, 1.82) is 0 Å². The van der Waals surface area contributed by atoms with Crippen molar-refractivity contribution in [2.45, 2.75) is 6.92 Å². The number of esters is 1. The van der Waals surface area contributed by atoms with Gasteiger partial charge in [0.25, 0.3) is 17.4 Å². The molecule has 2 heterocycles. The van der Waals surface area contributed by atoms with Gasteiger partial charge in [0.05, 0.1) is 29.0 Å². The number of rotatable bonds is 3. The number of nitrogens with two attached hydrogens (primary N) is 1. The molecule has 1 aromatic carbocycles. The van der Waals surface area contributed by atoms with Gasteiger partial charge < -0.3 is 10.5 Å². The number of imide groups is 1. The fourth-order valence-electron chi connectivity index (χ4n) is 2.56. The lowest BCUT2D eigenvalue weighted by molar-refractivity contribution is 0.0526. The number of nitrogens with one attached hydrogen (secondary N) is 1. The summed E-state index contributed by atoms with van der Waals surface area (Å²) in [4.78, 5) is 47.8. The van der Waals surface area contributed by atoms with E-state index in [4.69, 9.17) is 10.5 Å². The van der Waals surface area contributed by atoms with E-state index in [9.17, 15) is 19.2 Å². The quantitative estimate of drug-likeness (QED) is 0.408. The first-order valence-electron chi connectivity index (χ1n) is 7.23. The van der Waals surface area contributed by atoms with Crippen molar-refractivity contribution in [3.8, 4) is 5.69 Å². The second-order valence-corrected chi connectivity index (χ2v) is 6.32. The third-order valence-corrected chi connectivity index (χ3v) is 4.52. The van der Waals surface area contributed by atoms with Crippen LogP contribution >= 0.6 is 22.6 Å². The highest BCUT2D eigenvalue weighted by Crippen LogP contribution is 2.25. The summed E-state index contributed by atoms with van der Waals surface area (Å²) < 4.78 is 6.63. The Kier molecular flexibility index (Phi) is 4.33. The van der Waals surface area contributed by atoms with Crippen LogP contribution in [0.5, 0.6) is 0 Å². The minimum Gasteiger partial charge on any atom is -0.462 e. The molecule has 0 bridgehead atoms. The van der Waals surface area contributed by atoms with E-state index < -0.39 is 23.3 Å². The van der Waals surface area contributed by atoms with E-state index in [1.807, 2.05) is 22.6 Å². The molecule has 1 aliphatic rings. The Labute approximate surface area is 155 Å². The number of ether oxygens (including phenoxy) is 1. The standard InChI is InChI=1S/C16H12IN3O5/c1-2-25-16(24)7-3-4-10(9(17)5-7)20-11(21)6-8-12(13(20)18)15(23)19-14(8)22/h3-6H,2,18H2,1H3,(H,19,22,23). The number of nitrogen functional groups attached to an aromatic ring is 1. The topological polar surface area (TPSA) is 120 Å². The van der Waals surface area contributed by atoms with Crippen LogP contribution in [0.15, 0.2) is 29.1 Å². The summed E-state index contributed by atoms with van der Waals surface area (Å²) in [5, 5.41) is 2.11. The number of nitrogens with zero attached hydrogens (tertiary/aromatic N) is 1. The summed E-state index contributed by atoms with van der Waals surface area (Å²) in [6.07, 6.45) is 0. The van der Waals surface area contributed by atoms with Crippen molar-refractivity contribution < 1.29 is 19.1 Å². The first-order valence-corrected chi connectivity index (χ1v) is 8.31. The third kappa shape index (κ3) is 2.80. The Morgan fingerprint density at radius 3 is 2.60 bits per heavy atom. The van der Waals surface area contributed by atoms with E-state index in [1.54, 1.807) is 13.0 Å². The molecule has 2 aromatic rings. The maximum atomic E-state index is 12.4. The van der Waals surface area contributed by atoms with E-state index in [1.165, 1.54) is 12.1 Å². The van der Waals surface area contributed by atoms with Gasteiger partial charge in [0.15, 0.2) is 0 Å². The van der Waals surface area contributed by atoms with Gasteiger partial charge in [-0.05, 0) is 47.7 Å². The zero-order valence-electron chi connectivity index (χ0n) is 13.0. The predicted octanol–water partition coefficient (Wildman–Crippen LogP) is 1.08. The normalized spacial score (nSPS) is 12.7. The van der Waals surface area contributed by atoms with Gasteiger partial charge in [-0.2, -0.15) is 0 Å². The molecule has 8 nitrogen and oxygen atoms in total. The number of anilines is 1. The summed E-state index contributed by atoms with van der Waals surface area (Å²) in [6.45, 7) is 1.95. The summed E-state index contributed by atoms with van der Waals surface area (Å²) in [7, 11) is 0. The van der Waals surface area contributed by atoms with E-state index in [-0.39, 0.29) is 23.6 Å². The molecule has 2 amide bonds. The van der Waals surface area contributed by atoms with E-state index in [0.29, 0.717) is 14.8 Å². The molecule has 9 heteroatoms. The van der Waals surface area contributed by atoms with Crippen LogP contribution in [0.3, 0.4) is 0 Å². The Morgan fingerprint density at radius 2 is 1.96 bits per heavy atom. The van der Waals surface area contributed by atoms with Crippen LogP contribution in [-0.4, -0.2) is 29.0 Å². The van der Waals surface area contributed by atoms with Crippen LogP contribution in [0.1, 0.15) is 38.0 Å². The fourth-order valence-corrected chi connectivity index (χ4v) is 3.31. The van der Waals surface area contributed by atoms with Crippen molar-refractivity contribution in [3.63, 3.8) is 0 Å². The van der Waals surface area contributed by atoms with Crippen LogP contribution in [0.2, 0.25) is 0 Å². The number of benzene rings is 1. The summed E-state index contributed by atoms with van der Waals surface area (Å²) in [5.74, 6) is -1.91. The first-order chi connectivity index (χ1) is 11.8. The highest BCUT2D eigenvalue weighted by atomic mass is 127. The van der Waals surface area contributed by atoms with Crippen molar-refractivity contribution in [1.82, 2.24) is 9.88 Å². The minimum absolute atomic E-state index is 0.0325. The van der Waals surface area contributed by atoms with Crippen LogP contribution in [0.25, 0.3) is 5.69 Å². The number of pyridine rings is 1. The lowest BCUT2D eigenvalue weighted by Crippen LogP contribution is -2.24. The zero-order valence-corrected chi connectivity index (χ0v) is 15.1. The lowest BCUT2D eigenvalue weighted by Gasteiger charge is -2.14. The highest BCUT2D eigenvalue weighted by molar-refractivity contribution is 14.1. The van der Waals surface area contributed by atoms with Gasteiger partial charge in [-0.1, -0.05) is 0 Å². The average molecular weight is 453 g/mol. The number of carbonyl (C=O) groups excluding carboxylic acids is 3. The Morgan fingerprint density at radius 1 is 1.24 bits per heavy atom. The number of amides is 2. The Hall–Kier alpha value is -2.69. The molecule has 0 saturated carbocycles. The number of fused-ring (bicyclic) bond motifs is 1. The first kappa shape index (κ1) is 17.1. The van der Waals surface area contributed by atoms with Crippen molar-refractivity contribution in [2.75, 3.05) is 12.3 Å². The highest BCUT2D eigenvalue weighted by Gasteiger charge is 2.32. The second-order valence-electron chi connectivity index (χ2n) is 5.16. The molecular formula is C16H12IN3O5. The molecule has 0 fully saturated rings. The summed E-state index contributed by atoms with van der Waals surface area (Å²) in [6, 6.07) is 5.66. The van der Waals surface area contributed by atoms with Crippen molar-refractivity contribution >= 4 is 46.2 Å². The molecule has 0 radical (unpaired) electrons. The monoisotopic (exact) mass is 453 g/mol. The fraction of sp³-hybridized carbons (Fsp3) is 0.125. The minimum atomic E-state index is -0.650. The van der Waals surface area contributed by atoms with E-state index >= 15 is 0 Å². The number of carbonyl (C=O) groups is 3. The van der Waals surface area contributed by atoms with Gasteiger partial charge >= 0.3 is 5.97 Å². The molecule has 0 spiro atoms. The second kappa shape index (κ2) is 6.31. The lowest BCUT2D eigenvalue weighted by atomic mass is 10.1. The third-order valence-electron chi connectivity index (χ3n) is 3.65. The molecule has 1 aromatic heterocycles. The van der Waals surface area contributed by atoms with Crippen LogP contribution in [0, 0.1) is 3.57 Å². The molecule has 128 valence electrons. The largest absolute Gasteiger partial charge is 0.462 e. The van der Waals surface area contributed by atoms with E-state index in [0.717, 1.165) is 10.6 Å².